The minimum Gasteiger partial charge on any atom is -0.478 e. The number of amides is 3. The molecule has 10 heteroatoms. The number of imide groups is 1. The molecule has 194 valence electrons. The molecule has 0 saturated carbocycles. The number of rotatable bonds is 6. The highest BCUT2D eigenvalue weighted by Gasteiger charge is 2.37. The molecular formula is C28H25N3O6S. The number of aromatic carboxylic acids is 1. The number of aryl methyl sites for hydroxylation is 1. The van der Waals surface area contributed by atoms with Crippen molar-refractivity contribution in [1.29, 1.82) is 0 Å². The van der Waals surface area contributed by atoms with Crippen LogP contribution in [0.15, 0.2) is 70.0 Å². The molecule has 3 heterocycles. The number of carbonyl (C=O) groups is 4. The lowest BCUT2D eigenvalue weighted by molar-refractivity contribution is -0.136. The Bertz CT molecular complexity index is 1440. The summed E-state index contributed by atoms with van der Waals surface area (Å²) >= 11 is 0.759. The van der Waals surface area contributed by atoms with Crippen LogP contribution in [-0.2, 0) is 9.59 Å². The van der Waals surface area contributed by atoms with Crippen LogP contribution in [0.1, 0.15) is 21.7 Å². The molecule has 0 aliphatic carbocycles. The number of benzene rings is 2. The van der Waals surface area contributed by atoms with E-state index in [-0.39, 0.29) is 22.9 Å². The number of para-hydroxylation sites is 1. The summed E-state index contributed by atoms with van der Waals surface area (Å²) in [6, 6.07) is 18.0. The minimum absolute atomic E-state index is 0.135. The van der Waals surface area contributed by atoms with Crippen LogP contribution >= 0.6 is 11.8 Å². The molecule has 1 N–H and O–H groups in total. The van der Waals surface area contributed by atoms with Gasteiger partial charge in [0.2, 0.25) is 5.91 Å². The molecule has 3 aromatic rings. The maximum absolute atomic E-state index is 13.0. The molecule has 0 bridgehead atoms. The van der Waals surface area contributed by atoms with Crippen molar-refractivity contribution >= 4 is 46.5 Å². The minimum atomic E-state index is -1.04. The number of hydrogen-bond acceptors (Lipinski definition) is 7. The van der Waals surface area contributed by atoms with Gasteiger partial charge in [0, 0.05) is 43.5 Å². The average Bonchev–Trinajstić information content (AvgIpc) is 3.49. The average molecular weight is 532 g/mol. The van der Waals surface area contributed by atoms with Gasteiger partial charge in [0.05, 0.1) is 10.5 Å². The van der Waals surface area contributed by atoms with E-state index in [4.69, 9.17) is 4.42 Å². The van der Waals surface area contributed by atoms with Gasteiger partial charge in [-0.05, 0) is 60.6 Å². The number of hydrogen-bond donors (Lipinski definition) is 1. The van der Waals surface area contributed by atoms with Crippen molar-refractivity contribution in [3.05, 3.63) is 82.5 Å². The molecule has 5 rings (SSSR count). The number of nitrogens with zero attached hydrogens (tertiary/aromatic N) is 3. The standard InChI is InChI=1S/C28H25N3O6S/c1-18-7-8-19(27(34)35)15-22(18)23-10-9-21(37-23)16-24-26(33)31(28(36)38-24)17-25(32)30-13-11-29(12-14-30)20-5-3-2-4-6-20/h2-10,15-16H,11-14,17H2,1H3,(H,34,35)/b24-16+. The van der Waals surface area contributed by atoms with Gasteiger partial charge in [-0.1, -0.05) is 24.3 Å². The normalized spacial score (nSPS) is 17.0. The molecule has 2 aliphatic heterocycles. The summed E-state index contributed by atoms with van der Waals surface area (Å²) in [6.07, 6.45) is 1.47. The van der Waals surface area contributed by atoms with Crippen LogP contribution < -0.4 is 4.90 Å². The topological polar surface area (TPSA) is 111 Å². The van der Waals surface area contributed by atoms with E-state index in [2.05, 4.69) is 4.90 Å². The van der Waals surface area contributed by atoms with Crippen LogP contribution in [0.25, 0.3) is 17.4 Å². The fraction of sp³-hybridized carbons (Fsp3) is 0.214. The number of piperazine rings is 1. The highest BCUT2D eigenvalue weighted by atomic mass is 32.2. The number of carboxylic acid groups (broad SMARTS) is 1. The quantitative estimate of drug-likeness (QED) is 0.468. The Labute approximate surface area is 223 Å². The largest absolute Gasteiger partial charge is 0.478 e. The molecule has 1 aromatic heterocycles. The van der Waals surface area contributed by atoms with E-state index >= 15 is 0 Å². The first kappa shape index (κ1) is 25.3. The Morgan fingerprint density at radius 3 is 2.45 bits per heavy atom. The molecule has 2 aliphatic rings. The Kier molecular flexibility index (Phi) is 7.06. The second kappa shape index (κ2) is 10.6. The Balaban J connectivity index is 1.23. The summed E-state index contributed by atoms with van der Waals surface area (Å²) in [7, 11) is 0. The molecule has 0 radical (unpaired) electrons. The second-order valence-electron chi connectivity index (χ2n) is 9.01. The van der Waals surface area contributed by atoms with Gasteiger partial charge >= 0.3 is 5.97 Å². The van der Waals surface area contributed by atoms with Crippen molar-refractivity contribution < 1.29 is 28.7 Å². The van der Waals surface area contributed by atoms with E-state index in [0.717, 1.165) is 27.9 Å². The zero-order valence-corrected chi connectivity index (χ0v) is 21.4. The zero-order valence-electron chi connectivity index (χ0n) is 20.6. The molecule has 0 unspecified atom stereocenters. The monoisotopic (exact) mass is 531 g/mol. The first-order valence-corrected chi connectivity index (χ1v) is 12.9. The third-order valence-corrected chi connectivity index (χ3v) is 7.48. The molecule has 3 amide bonds. The highest BCUT2D eigenvalue weighted by Crippen LogP contribution is 2.34. The number of anilines is 1. The summed E-state index contributed by atoms with van der Waals surface area (Å²) in [5, 5.41) is 8.77. The smallest absolute Gasteiger partial charge is 0.335 e. The maximum atomic E-state index is 13.0. The van der Waals surface area contributed by atoms with E-state index in [0.29, 0.717) is 43.3 Å². The van der Waals surface area contributed by atoms with E-state index in [1.807, 2.05) is 37.3 Å². The van der Waals surface area contributed by atoms with Crippen LogP contribution in [0.2, 0.25) is 0 Å². The van der Waals surface area contributed by atoms with Crippen LogP contribution in [-0.4, -0.2) is 70.7 Å². The van der Waals surface area contributed by atoms with Gasteiger partial charge in [-0.25, -0.2) is 4.79 Å². The van der Waals surface area contributed by atoms with Gasteiger partial charge in [-0.3, -0.25) is 19.3 Å². The fourth-order valence-corrected chi connectivity index (χ4v) is 5.27. The summed E-state index contributed by atoms with van der Waals surface area (Å²) in [4.78, 5) is 54.8. The molecule has 2 aromatic carbocycles. The predicted octanol–water partition coefficient (Wildman–Crippen LogP) is 4.34. The van der Waals surface area contributed by atoms with Crippen molar-refractivity contribution in [2.45, 2.75) is 6.92 Å². The van der Waals surface area contributed by atoms with Crippen molar-refractivity contribution in [3.63, 3.8) is 0 Å². The first-order chi connectivity index (χ1) is 18.3. The lowest BCUT2D eigenvalue weighted by Crippen LogP contribution is -2.51. The van der Waals surface area contributed by atoms with E-state index < -0.39 is 17.1 Å². The first-order valence-electron chi connectivity index (χ1n) is 12.1. The summed E-state index contributed by atoms with van der Waals surface area (Å²) < 4.78 is 5.84. The van der Waals surface area contributed by atoms with Gasteiger partial charge in [-0.15, -0.1) is 0 Å². The Morgan fingerprint density at radius 2 is 1.74 bits per heavy atom. The van der Waals surface area contributed by atoms with Crippen LogP contribution in [0.5, 0.6) is 0 Å². The SMILES string of the molecule is Cc1ccc(C(=O)O)cc1-c1ccc(/C=C2/SC(=O)N(CC(=O)N3CCN(c4ccccc4)CC3)C2=O)o1. The molecule has 0 spiro atoms. The predicted molar refractivity (Wildman–Crippen MR) is 144 cm³/mol. The van der Waals surface area contributed by atoms with Crippen molar-refractivity contribution in [2.24, 2.45) is 0 Å². The van der Waals surface area contributed by atoms with Crippen molar-refractivity contribution in [3.8, 4) is 11.3 Å². The van der Waals surface area contributed by atoms with E-state index in [1.165, 1.54) is 18.2 Å². The number of carboxylic acids is 1. The summed E-state index contributed by atoms with van der Waals surface area (Å²) in [5.74, 6) is -1.07. The Hall–Kier alpha value is -4.31. The van der Waals surface area contributed by atoms with E-state index in [1.54, 1.807) is 23.1 Å². The van der Waals surface area contributed by atoms with Crippen LogP contribution in [0.4, 0.5) is 10.5 Å². The molecule has 0 atom stereocenters. The zero-order chi connectivity index (χ0) is 26.8. The van der Waals surface area contributed by atoms with Gasteiger partial charge < -0.3 is 19.3 Å². The molecule has 38 heavy (non-hydrogen) atoms. The highest BCUT2D eigenvalue weighted by molar-refractivity contribution is 8.18. The lowest BCUT2D eigenvalue weighted by atomic mass is 10.0. The van der Waals surface area contributed by atoms with Crippen molar-refractivity contribution in [2.75, 3.05) is 37.6 Å². The maximum Gasteiger partial charge on any atom is 0.335 e. The third kappa shape index (κ3) is 5.21. The molecular weight excluding hydrogens is 506 g/mol. The van der Waals surface area contributed by atoms with Gasteiger partial charge in [0.25, 0.3) is 11.1 Å². The molecule has 9 nitrogen and oxygen atoms in total. The van der Waals surface area contributed by atoms with Crippen LogP contribution in [0, 0.1) is 6.92 Å². The fourth-order valence-electron chi connectivity index (χ4n) is 4.45. The van der Waals surface area contributed by atoms with Gasteiger partial charge in [0.1, 0.15) is 18.1 Å². The summed E-state index contributed by atoms with van der Waals surface area (Å²) in [6.45, 7) is 3.90. The number of carbonyl (C=O) groups excluding carboxylic acids is 3. The second-order valence-corrected chi connectivity index (χ2v) is 10.0. The lowest BCUT2D eigenvalue weighted by Gasteiger charge is -2.36. The number of furan rings is 1. The van der Waals surface area contributed by atoms with Crippen molar-refractivity contribution in [1.82, 2.24) is 9.80 Å². The van der Waals surface area contributed by atoms with Crippen LogP contribution in [0.3, 0.4) is 0 Å². The summed E-state index contributed by atoms with van der Waals surface area (Å²) in [5.41, 5.74) is 2.69. The molecule has 2 fully saturated rings. The Morgan fingerprint density at radius 1 is 1.00 bits per heavy atom. The molecule has 2 saturated heterocycles. The van der Waals surface area contributed by atoms with E-state index in [9.17, 15) is 24.3 Å². The van der Waals surface area contributed by atoms with Gasteiger partial charge in [-0.2, -0.15) is 0 Å². The third-order valence-electron chi connectivity index (χ3n) is 6.57. The van der Waals surface area contributed by atoms with Gasteiger partial charge in [0.15, 0.2) is 0 Å². The number of thioether (sulfide) groups is 1.